The largest absolute Gasteiger partial charge is 0.325 e. The van der Waals surface area contributed by atoms with Crippen LogP contribution in [0.1, 0.15) is 0 Å². The van der Waals surface area contributed by atoms with Crippen LogP contribution in [0.3, 0.4) is 0 Å². The van der Waals surface area contributed by atoms with E-state index in [2.05, 4.69) is 10.3 Å². The standard InChI is InChI=1S/C18H16F2N4O3S/c1-23(28(26,27)15-5-2-13(19)3-6-15)11-18(25)22-14-4-7-17(16(20)10-14)24-9-8-21-12-24/h2-10,12H,11H2,1H3,(H,22,25). The van der Waals surface area contributed by atoms with Crippen molar-refractivity contribution >= 4 is 21.6 Å². The van der Waals surface area contributed by atoms with Gasteiger partial charge in [0.2, 0.25) is 15.9 Å². The van der Waals surface area contributed by atoms with Gasteiger partial charge in [-0.2, -0.15) is 4.31 Å². The molecule has 0 fully saturated rings. The summed E-state index contributed by atoms with van der Waals surface area (Å²) in [4.78, 5) is 15.9. The van der Waals surface area contributed by atoms with Crippen molar-refractivity contribution in [3.8, 4) is 5.69 Å². The van der Waals surface area contributed by atoms with E-state index in [0.29, 0.717) is 0 Å². The lowest BCUT2D eigenvalue weighted by Crippen LogP contribution is -2.35. The summed E-state index contributed by atoms with van der Waals surface area (Å²) in [5.41, 5.74) is 0.436. The van der Waals surface area contributed by atoms with Crippen molar-refractivity contribution in [3.05, 3.63) is 72.8 Å². The first-order chi connectivity index (χ1) is 13.3. The second-order valence-electron chi connectivity index (χ2n) is 5.90. The zero-order valence-corrected chi connectivity index (χ0v) is 15.5. The second-order valence-corrected chi connectivity index (χ2v) is 7.94. The normalized spacial score (nSPS) is 11.6. The van der Waals surface area contributed by atoms with Gasteiger partial charge in [-0.3, -0.25) is 4.79 Å². The molecule has 2 aromatic carbocycles. The number of nitrogens with zero attached hydrogens (tertiary/aromatic N) is 3. The molecule has 0 aliphatic carbocycles. The monoisotopic (exact) mass is 406 g/mol. The Hall–Kier alpha value is -3.11. The number of hydrogen-bond donors (Lipinski definition) is 1. The number of sulfonamides is 1. The minimum absolute atomic E-state index is 0.139. The van der Waals surface area contributed by atoms with Crippen LogP contribution in [0, 0.1) is 11.6 Å². The lowest BCUT2D eigenvalue weighted by atomic mass is 10.2. The third kappa shape index (κ3) is 4.24. The van der Waals surface area contributed by atoms with Crippen LogP contribution in [0.4, 0.5) is 14.5 Å². The van der Waals surface area contributed by atoms with Crippen molar-refractivity contribution in [1.82, 2.24) is 13.9 Å². The van der Waals surface area contributed by atoms with E-state index in [1.807, 2.05) is 0 Å². The molecule has 0 bridgehead atoms. The molecule has 0 radical (unpaired) electrons. The predicted octanol–water partition coefficient (Wildman–Crippen LogP) is 2.41. The Bertz CT molecular complexity index is 1080. The van der Waals surface area contributed by atoms with Gasteiger partial charge >= 0.3 is 0 Å². The van der Waals surface area contributed by atoms with E-state index in [1.165, 1.54) is 36.3 Å². The summed E-state index contributed by atoms with van der Waals surface area (Å²) >= 11 is 0. The maximum absolute atomic E-state index is 14.2. The van der Waals surface area contributed by atoms with Crippen LogP contribution in [0.5, 0.6) is 0 Å². The zero-order chi connectivity index (χ0) is 20.3. The Morgan fingerprint density at radius 2 is 1.89 bits per heavy atom. The lowest BCUT2D eigenvalue weighted by Gasteiger charge is -2.17. The average Bonchev–Trinajstić information content (AvgIpc) is 3.16. The number of nitrogens with one attached hydrogen (secondary N) is 1. The minimum Gasteiger partial charge on any atom is -0.325 e. The first kappa shape index (κ1) is 19.6. The zero-order valence-electron chi connectivity index (χ0n) is 14.7. The summed E-state index contributed by atoms with van der Waals surface area (Å²) in [6.45, 7) is -0.495. The van der Waals surface area contributed by atoms with Crippen LogP contribution in [0.15, 0.2) is 66.1 Å². The first-order valence-corrected chi connectivity index (χ1v) is 9.51. The molecule has 28 heavy (non-hydrogen) atoms. The van der Waals surface area contributed by atoms with Gasteiger partial charge in [-0.1, -0.05) is 0 Å². The highest BCUT2D eigenvalue weighted by molar-refractivity contribution is 7.89. The van der Waals surface area contributed by atoms with Gasteiger partial charge in [0.15, 0.2) is 0 Å². The van der Waals surface area contributed by atoms with Crippen molar-refractivity contribution in [2.24, 2.45) is 0 Å². The van der Waals surface area contributed by atoms with E-state index in [-0.39, 0.29) is 16.3 Å². The molecule has 10 heteroatoms. The fourth-order valence-electron chi connectivity index (χ4n) is 2.47. The van der Waals surface area contributed by atoms with Crippen molar-refractivity contribution in [1.29, 1.82) is 0 Å². The van der Waals surface area contributed by atoms with Gasteiger partial charge in [0.1, 0.15) is 11.6 Å². The SMILES string of the molecule is CN(CC(=O)Nc1ccc(-n2ccnc2)c(F)c1)S(=O)(=O)c1ccc(F)cc1. The summed E-state index contributed by atoms with van der Waals surface area (Å²) in [5, 5.41) is 2.45. The van der Waals surface area contributed by atoms with Gasteiger partial charge in [-0.25, -0.2) is 22.2 Å². The Kier molecular flexibility index (Phi) is 5.52. The van der Waals surface area contributed by atoms with Gasteiger partial charge in [0.05, 0.1) is 23.5 Å². The number of rotatable bonds is 6. The number of carbonyl (C=O) groups is 1. The highest BCUT2D eigenvalue weighted by atomic mass is 32.2. The Morgan fingerprint density at radius 1 is 1.18 bits per heavy atom. The number of aromatic nitrogens is 2. The number of halogens is 2. The van der Waals surface area contributed by atoms with Crippen molar-refractivity contribution in [2.45, 2.75) is 4.90 Å². The van der Waals surface area contributed by atoms with Crippen LogP contribution in [-0.4, -0.2) is 41.8 Å². The number of hydrogen-bond acceptors (Lipinski definition) is 4. The maximum atomic E-state index is 14.2. The fourth-order valence-corrected chi connectivity index (χ4v) is 3.60. The van der Waals surface area contributed by atoms with Crippen molar-refractivity contribution < 1.29 is 22.0 Å². The summed E-state index contributed by atoms with van der Waals surface area (Å²) in [5.74, 6) is -1.80. The third-order valence-corrected chi connectivity index (χ3v) is 5.72. The topological polar surface area (TPSA) is 84.3 Å². The van der Waals surface area contributed by atoms with E-state index < -0.39 is 34.1 Å². The van der Waals surface area contributed by atoms with E-state index >= 15 is 0 Å². The summed E-state index contributed by atoms with van der Waals surface area (Å²) in [7, 11) is -2.74. The smallest absolute Gasteiger partial charge is 0.243 e. The fraction of sp³-hybridized carbons (Fsp3) is 0.111. The molecule has 0 aliphatic rings. The second kappa shape index (κ2) is 7.87. The molecule has 3 rings (SSSR count). The third-order valence-electron chi connectivity index (χ3n) is 3.90. The van der Waals surface area contributed by atoms with Crippen molar-refractivity contribution in [2.75, 3.05) is 18.9 Å². The Balaban J connectivity index is 1.68. The molecule has 3 aromatic rings. The van der Waals surface area contributed by atoms with Crippen LogP contribution in [0.25, 0.3) is 5.69 Å². The van der Waals surface area contributed by atoms with Crippen LogP contribution >= 0.6 is 0 Å². The van der Waals surface area contributed by atoms with Gasteiger partial charge in [-0.15, -0.1) is 0 Å². The number of benzene rings is 2. The highest BCUT2D eigenvalue weighted by Gasteiger charge is 2.23. The minimum atomic E-state index is -3.97. The Labute approximate surface area is 160 Å². The molecule has 0 aliphatic heterocycles. The summed E-state index contributed by atoms with van der Waals surface area (Å²) < 4.78 is 54.3. The molecule has 1 heterocycles. The number of imidazole rings is 1. The van der Waals surface area contributed by atoms with Gasteiger partial charge < -0.3 is 9.88 Å². The van der Waals surface area contributed by atoms with Gasteiger partial charge in [-0.05, 0) is 42.5 Å². The van der Waals surface area contributed by atoms with Crippen LogP contribution < -0.4 is 5.32 Å². The van der Waals surface area contributed by atoms with Crippen molar-refractivity contribution in [3.63, 3.8) is 0 Å². The Morgan fingerprint density at radius 3 is 2.50 bits per heavy atom. The summed E-state index contributed by atoms with van der Waals surface area (Å²) in [6, 6.07) is 8.35. The number of carbonyl (C=O) groups excluding carboxylic acids is 1. The maximum Gasteiger partial charge on any atom is 0.243 e. The molecule has 7 nitrogen and oxygen atoms in total. The highest BCUT2D eigenvalue weighted by Crippen LogP contribution is 2.19. The number of amides is 1. The lowest BCUT2D eigenvalue weighted by molar-refractivity contribution is -0.116. The molecule has 0 saturated carbocycles. The molecule has 1 N–H and O–H groups in total. The van der Waals surface area contributed by atoms with E-state index in [4.69, 9.17) is 0 Å². The first-order valence-electron chi connectivity index (χ1n) is 8.07. The molecule has 0 atom stereocenters. The molecule has 1 amide bonds. The molecule has 0 unspecified atom stereocenters. The quantitative estimate of drug-likeness (QED) is 0.681. The van der Waals surface area contributed by atoms with Gasteiger partial charge in [0, 0.05) is 25.1 Å². The van der Waals surface area contributed by atoms with E-state index in [0.717, 1.165) is 34.6 Å². The van der Waals surface area contributed by atoms with Crippen LogP contribution in [0.2, 0.25) is 0 Å². The van der Waals surface area contributed by atoms with Gasteiger partial charge in [0.25, 0.3) is 0 Å². The average molecular weight is 406 g/mol. The number of likely N-dealkylation sites (N-methyl/N-ethyl adjacent to an activating group) is 1. The van der Waals surface area contributed by atoms with E-state index in [1.54, 1.807) is 6.20 Å². The molecule has 146 valence electrons. The van der Waals surface area contributed by atoms with E-state index in [9.17, 15) is 22.0 Å². The molecule has 1 aromatic heterocycles. The molecule has 0 saturated heterocycles. The molecular formula is C18H16F2N4O3S. The molecule has 0 spiro atoms. The predicted molar refractivity (Wildman–Crippen MR) is 98.4 cm³/mol. The van der Waals surface area contributed by atoms with Crippen LogP contribution in [-0.2, 0) is 14.8 Å². The number of anilines is 1. The summed E-state index contributed by atoms with van der Waals surface area (Å²) in [6.07, 6.45) is 4.52. The molecular weight excluding hydrogens is 390 g/mol.